The zero-order valence-electron chi connectivity index (χ0n) is 7.35. The van der Waals surface area contributed by atoms with Crippen LogP contribution in [0.4, 0.5) is 0 Å². The molecule has 4 heteroatoms. The van der Waals surface area contributed by atoms with Crippen molar-refractivity contribution < 1.29 is 0 Å². The lowest BCUT2D eigenvalue weighted by Gasteiger charge is -1.91. The van der Waals surface area contributed by atoms with Crippen LogP contribution in [0, 0.1) is 0 Å². The molecule has 0 aliphatic heterocycles. The highest BCUT2D eigenvalue weighted by Crippen LogP contribution is 2.26. The highest BCUT2D eigenvalue weighted by atomic mass is 35.5. The summed E-state index contributed by atoms with van der Waals surface area (Å²) in [6, 6.07) is 2.14. The van der Waals surface area contributed by atoms with E-state index < -0.39 is 0 Å². The van der Waals surface area contributed by atoms with Crippen LogP contribution >= 0.6 is 34.5 Å². The van der Waals surface area contributed by atoms with E-state index in [0.717, 1.165) is 19.4 Å². The number of halogens is 2. The van der Waals surface area contributed by atoms with Crippen molar-refractivity contribution in [2.75, 3.05) is 6.54 Å². The maximum absolute atomic E-state index is 5.79. The minimum atomic E-state index is 0.557. The predicted octanol–water partition coefficient (Wildman–Crippen LogP) is 3.12. The molecule has 2 N–H and O–H groups in total. The molecule has 0 fully saturated rings. The third-order valence-electron chi connectivity index (χ3n) is 1.84. The normalized spacial score (nSPS) is 10.7. The van der Waals surface area contributed by atoms with Crippen molar-refractivity contribution >= 4 is 34.5 Å². The van der Waals surface area contributed by atoms with Gasteiger partial charge < -0.3 is 5.73 Å². The molecule has 0 unspecified atom stereocenters. The second kappa shape index (κ2) is 5.86. The highest BCUT2D eigenvalue weighted by molar-refractivity contribution is 7.12. The Morgan fingerprint density at radius 1 is 1.31 bits per heavy atom. The molecule has 0 aliphatic carbocycles. The fourth-order valence-corrected chi connectivity index (χ4v) is 2.89. The maximum atomic E-state index is 5.79. The Kier molecular flexibility index (Phi) is 5.10. The summed E-state index contributed by atoms with van der Waals surface area (Å²) in [5.74, 6) is 1.12. The van der Waals surface area contributed by atoms with Crippen LogP contribution in [0.2, 0.25) is 0 Å². The zero-order valence-corrected chi connectivity index (χ0v) is 9.68. The van der Waals surface area contributed by atoms with Crippen LogP contribution in [0.15, 0.2) is 6.07 Å². The summed E-state index contributed by atoms with van der Waals surface area (Å²) in [4.78, 5) is 2.54. The van der Waals surface area contributed by atoms with E-state index in [1.165, 1.54) is 15.3 Å². The Hall–Kier alpha value is 0.240. The van der Waals surface area contributed by atoms with Gasteiger partial charge in [0.2, 0.25) is 0 Å². The molecule has 0 aliphatic rings. The molecule has 0 radical (unpaired) electrons. The Labute approximate surface area is 92.8 Å². The molecule has 74 valence electrons. The van der Waals surface area contributed by atoms with Crippen LogP contribution in [-0.2, 0) is 18.2 Å². The summed E-state index contributed by atoms with van der Waals surface area (Å²) in [5.41, 5.74) is 6.61. The lowest BCUT2D eigenvalue weighted by Crippen LogP contribution is -1.99. The topological polar surface area (TPSA) is 26.0 Å². The average Bonchev–Trinajstić information content (AvgIpc) is 2.57. The molecule has 0 aromatic carbocycles. The van der Waals surface area contributed by atoms with Crippen LogP contribution < -0.4 is 5.73 Å². The Balaban J connectivity index is 2.68. The monoisotopic (exact) mass is 237 g/mol. The molecule has 0 amide bonds. The molecule has 0 saturated carbocycles. The molecule has 13 heavy (non-hydrogen) atoms. The Morgan fingerprint density at radius 2 is 2.08 bits per heavy atom. The fourth-order valence-electron chi connectivity index (χ4n) is 1.15. The van der Waals surface area contributed by atoms with E-state index in [1.54, 1.807) is 11.3 Å². The van der Waals surface area contributed by atoms with E-state index in [4.69, 9.17) is 28.9 Å². The van der Waals surface area contributed by atoms with E-state index >= 15 is 0 Å². The smallest absolute Gasteiger partial charge is 0.0571 e. The van der Waals surface area contributed by atoms with Gasteiger partial charge in [0.15, 0.2) is 0 Å². The summed E-state index contributed by atoms with van der Waals surface area (Å²) in [6.07, 6.45) is 2.08. The molecule has 0 atom stereocenters. The number of alkyl halides is 2. The van der Waals surface area contributed by atoms with Gasteiger partial charge in [0.25, 0.3) is 0 Å². The van der Waals surface area contributed by atoms with Gasteiger partial charge in [-0.15, -0.1) is 34.5 Å². The SMILES string of the molecule is NCCCc1cc(CCl)c(CCl)s1. The van der Waals surface area contributed by atoms with Gasteiger partial charge in [0, 0.05) is 15.6 Å². The van der Waals surface area contributed by atoms with E-state index in [-0.39, 0.29) is 0 Å². The van der Waals surface area contributed by atoms with Crippen LogP contribution in [-0.4, -0.2) is 6.54 Å². The summed E-state index contributed by atoms with van der Waals surface area (Å²) in [6.45, 7) is 0.740. The Morgan fingerprint density at radius 3 is 2.54 bits per heavy atom. The molecular formula is C9H13Cl2NS. The first kappa shape index (κ1) is 11.3. The van der Waals surface area contributed by atoms with Gasteiger partial charge in [-0.2, -0.15) is 0 Å². The first-order chi connectivity index (χ1) is 6.31. The van der Waals surface area contributed by atoms with Gasteiger partial charge >= 0.3 is 0 Å². The fraction of sp³-hybridized carbons (Fsp3) is 0.556. The number of hydrogen-bond donors (Lipinski definition) is 1. The van der Waals surface area contributed by atoms with Crippen molar-refractivity contribution in [3.05, 3.63) is 21.4 Å². The number of hydrogen-bond acceptors (Lipinski definition) is 2. The third-order valence-corrected chi connectivity index (χ3v) is 3.79. The molecule has 1 aromatic rings. The molecule has 0 saturated heterocycles. The minimum Gasteiger partial charge on any atom is -0.330 e. The van der Waals surface area contributed by atoms with Crippen molar-refractivity contribution in [2.24, 2.45) is 5.73 Å². The van der Waals surface area contributed by atoms with Crippen LogP contribution in [0.5, 0.6) is 0 Å². The van der Waals surface area contributed by atoms with Gasteiger partial charge in [-0.05, 0) is 31.0 Å². The van der Waals surface area contributed by atoms with Crippen LogP contribution in [0.3, 0.4) is 0 Å². The largest absolute Gasteiger partial charge is 0.330 e. The standard InChI is InChI=1S/C9H13Cl2NS/c10-5-7-4-8(2-1-3-12)13-9(7)6-11/h4H,1-3,5-6,12H2. The van der Waals surface area contributed by atoms with Gasteiger partial charge in [-0.1, -0.05) is 0 Å². The van der Waals surface area contributed by atoms with Gasteiger partial charge in [-0.3, -0.25) is 0 Å². The summed E-state index contributed by atoms with van der Waals surface area (Å²) < 4.78 is 0. The zero-order chi connectivity index (χ0) is 9.68. The predicted molar refractivity (Wildman–Crippen MR) is 60.8 cm³/mol. The molecule has 1 rings (SSSR count). The number of thiophene rings is 1. The quantitative estimate of drug-likeness (QED) is 0.783. The lowest BCUT2D eigenvalue weighted by atomic mass is 10.2. The second-order valence-corrected chi connectivity index (χ2v) is 4.58. The lowest BCUT2D eigenvalue weighted by molar-refractivity contribution is 0.843. The summed E-state index contributed by atoms with van der Waals surface area (Å²) in [5, 5.41) is 0. The van der Waals surface area contributed by atoms with Gasteiger partial charge in [0.1, 0.15) is 0 Å². The summed E-state index contributed by atoms with van der Waals surface area (Å²) in [7, 11) is 0. The average molecular weight is 238 g/mol. The number of nitrogens with two attached hydrogens (primary N) is 1. The Bertz CT molecular complexity index is 239. The highest BCUT2D eigenvalue weighted by Gasteiger charge is 2.06. The first-order valence-electron chi connectivity index (χ1n) is 4.24. The number of rotatable bonds is 5. The molecular weight excluding hydrogens is 225 g/mol. The van der Waals surface area contributed by atoms with E-state index in [9.17, 15) is 0 Å². The van der Waals surface area contributed by atoms with Crippen molar-refractivity contribution in [2.45, 2.75) is 24.6 Å². The first-order valence-corrected chi connectivity index (χ1v) is 6.12. The van der Waals surface area contributed by atoms with Gasteiger partial charge in [-0.25, -0.2) is 0 Å². The summed E-state index contributed by atoms with van der Waals surface area (Å²) >= 11 is 13.3. The molecule has 1 nitrogen and oxygen atoms in total. The molecule has 1 aromatic heterocycles. The minimum absolute atomic E-state index is 0.557. The van der Waals surface area contributed by atoms with Gasteiger partial charge in [0.05, 0.1) is 5.88 Å². The molecule has 1 heterocycles. The van der Waals surface area contributed by atoms with E-state index in [2.05, 4.69) is 6.07 Å². The molecule has 0 spiro atoms. The van der Waals surface area contributed by atoms with Crippen molar-refractivity contribution in [1.82, 2.24) is 0 Å². The maximum Gasteiger partial charge on any atom is 0.0571 e. The molecule has 0 bridgehead atoms. The van der Waals surface area contributed by atoms with Crippen LogP contribution in [0.1, 0.15) is 21.7 Å². The van der Waals surface area contributed by atoms with E-state index in [0.29, 0.717) is 11.8 Å². The van der Waals surface area contributed by atoms with Crippen LogP contribution in [0.25, 0.3) is 0 Å². The van der Waals surface area contributed by atoms with Crippen molar-refractivity contribution in [1.29, 1.82) is 0 Å². The third kappa shape index (κ3) is 3.13. The van der Waals surface area contributed by atoms with Crippen molar-refractivity contribution in [3.63, 3.8) is 0 Å². The van der Waals surface area contributed by atoms with Crippen molar-refractivity contribution in [3.8, 4) is 0 Å². The number of aryl methyl sites for hydroxylation is 1. The second-order valence-electron chi connectivity index (χ2n) is 2.82. The van der Waals surface area contributed by atoms with E-state index in [1.807, 2.05) is 0 Å².